The summed E-state index contributed by atoms with van der Waals surface area (Å²) in [4.78, 5) is 26.6. The topological polar surface area (TPSA) is 115 Å². The molecule has 10 nitrogen and oxygen atoms in total. The van der Waals surface area contributed by atoms with Crippen molar-refractivity contribution >= 4 is 39.7 Å². The van der Waals surface area contributed by atoms with Crippen LogP contribution < -0.4 is 10.2 Å². The molecule has 5 rings (SSSR count). The Balaban J connectivity index is 1.47. The van der Waals surface area contributed by atoms with Crippen molar-refractivity contribution in [2.75, 3.05) is 23.3 Å². The average molecular weight is 507 g/mol. The molecule has 3 aromatic heterocycles. The fourth-order valence-corrected chi connectivity index (χ4v) is 5.03. The first-order chi connectivity index (χ1) is 17.2. The predicted molar refractivity (Wildman–Crippen MR) is 141 cm³/mol. The van der Waals surface area contributed by atoms with E-state index in [1.165, 1.54) is 5.56 Å². The van der Waals surface area contributed by atoms with Crippen LogP contribution in [-0.4, -0.2) is 48.8 Å². The molecular weight excluding hydrogens is 480 g/mol. The molecule has 186 valence electrons. The van der Waals surface area contributed by atoms with Gasteiger partial charge in [-0.1, -0.05) is 31.5 Å². The molecule has 0 unspecified atom stereocenters. The Hall–Kier alpha value is -3.79. The molecule has 11 heteroatoms. The smallest absolute Gasteiger partial charge is 0.210 e. The van der Waals surface area contributed by atoms with Crippen molar-refractivity contribution in [2.24, 2.45) is 13.0 Å². The number of nitro groups is 1. The zero-order chi connectivity index (χ0) is 25.6. The van der Waals surface area contributed by atoms with Crippen LogP contribution in [0.5, 0.6) is 0 Å². The summed E-state index contributed by atoms with van der Waals surface area (Å²) in [5.74, 6) is 2.08. The molecule has 1 aliphatic rings. The lowest BCUT2D eigenvalue weighted by atomic mass is 9.87. The van der Waals surface area contributed by atoms with Crippen molar-refractivity contribution in [3.8, 4) is 11.4 Å². The number of nitrogens with zero attached hydrogens (tertiary/aromatic N) is 7. The predicted octanol–water partition coefficient (Wildman–Crippen LogP) is 5.05. The number of fused-ring (bicyclic) bond motifs is 1. The molecule has 0 radical (unpaired) electrons. The monoisotopic (exact) mass is 506 g/mol. The van der Waals surface area contributed by atoms with Gasteiger partial charge in [0.15, 0.2) is 11.0 Å². The molecule has 0 spiro atoms. The van der Waals surface area contributed by atoms with Crippen LogP contribution >= 0.6 is 11.6 Å². The van der Waals surface area contributed by atoms with E-state index < -0.39 is 0 Å². The van der Waals surface area contributed by atoms with Crippen LogP contribution in [0.2, 0.25) is 5.15 Å². The first-order valence-corrected chi connectivity index (χ1v) is 12.2. The Morgan fingerprint density at radius 1 is 1.22 bits per heavy atom. The van der Waals surface area contributed by atoms with Crippen molar-refractivity contribution in [3.63, 3.8) is 0 Å². The minimum absolute atomic E-state index is 0.00281. The van der Waals surface area contributed by atoms with E-state index in [0.29, 0.717) is 40.6 Å². The molecule has 1 fully saturated rings. The molecule has 2 atom stereocenters. The average Bonchev–Trinajstić information content (AvgIpc) is 3.18. The lowest BCUT2D eigenvalue weighted by Gasteiger charge is -2.46. The second kappa shape index (κ2) is 9.34. The maximum Gasteiger partial charge on any atom is 0.210 e. The van der Waals surface area contributed by atoms with E-state index in [1.807, 2.05) is 19.2 Å². The van der Waals surface area contributed by atoms with Crippen LogP contribution in [0, 0.1) is 16.0 Å². The zero-order valence-electron chi connectivity index (χ0n) is 20.5. The number of halogens is 1. The molecule has 1 N–H and O–H groups in total. The molecule has 0 bridgehead atoms. The third-order valence-corrected chi connectivity index (χ3v) is 7.05. The van der Waals surface area contributed by atoms with Gasteiger partial charge in [-0.05, 0) is 42.0 Å². The third kappa shape index (κ3) is 4.44. The summed E-state index contributed by atoms with van der Waals surface area (Å²) < 4.78 is 1.62. The Bertz CT molecular complexity index is 1450. The summed E-state index contributed by atoms with van der Waals surface area (Å²) in [5, 5.41) is 20.9. The number of anilines is 3. The largest absolute Gasteiger partial charge is 0.367 e. The highest BCUT2D eigenvalue weighted by Crippen LogP contribution is 2.39. The Labute approximate surface area is 213 Å². The van der Waals surface area contributed by atoms with Gasteiger partial charge in [0.05, 0.1) is 11.5 Å². The van der Waals surface area contributed by atoms with Crippen molar-refractivity contribution in [3.05, 3.63) is 63.7 Å². The van der Waals surface area contributed by atoms with E-state index in [0.717, 1.165) is 16.5 Å². The summed E-state index contributed by atoms with van der Waals surface area (Å²) >= 11 is 6.22. The van der Waals surface area contributed by atoms with E-state index in [4.69, 9.17) is 11.6 Å². The molecule has 1 saturated heterocycles. The summed E-state index contributed by atoms with van der Waals surface area (Å²) in [6.07, 6.45) is 5.31. The number of hydrogen-bond acceptors (Lipinski definition) is 8. The lowest BCUT2D eigenvalue weighted by molar-refractivity contribution is -0.490. The highest BCUT2D eigenvalue weighted by Gasteiger charge is 2.39. The van der Waals surface area contributed by atoms with Crippen LogP contribution in [0.1, 0.15) is 32.3 Å². The van der Waals surface area contributed by atoms with Gasteiger partial charge < -0.3 is 10.2 Å². The molecule has 4 aromatic rings. The molecule has 0 amide bonds. The summed E-state index contributed by atoms with van der Waals surface area (Å²) in [7, 11) is 1.79. The number of hydrogen-bond donors (Lipinski definition) is 1. The van der Waals surface area contributed by atoms with Gasteiger partial charge in [0, 0.05) is 54.2 Å². The molecular formula is C25H27ClN8O2. The number of rotatable bonds is 7. The molecule has 0 saturated carbocycles. The van der Waals surface area contributed by atoms with Crippen LogP contribution in [0.15, 0.2) is 42.9 Å². The fourth-order valence-electron chi connectivity index (χ4n) is 4.78. The zero-order valence-corrected chi connectivity index (χ0v) is 21.3. The third-order valence-electron chi connectivity index (χ3n) is 6.77. The van der Waals surface area contributed by atoms with Crippen LogP contribution in [0.25, 0.3) is 22.2 Å². The second-order valence-corrected chi connectivity index (χ2v) is 9.87. The quantitative estimate of drug-likeness (QED) is 0.273. The number of nitrogens with one attached hydrogen (secondary N) is 1. The number of pyridine rings is 1. The summed E-state index contributed by atoms with van der Waals surface area (Å²) in [6.45, 7) is 7.03. The first-order valence-electron chi connectivity index (χ1n) is 11.8. The summed E-state index contributed by atoms with van der Waals surface area (Å²) in [5.41, 5.74) is 2.91. The van der Waals surface area contributed by atoms with E-state index >= 15 is 0 Å². The Kier molecular flexibility index (Phi) is 6.21. The van der Waals surface area contributed by atoms with Crippen molar-refractivity contribution in [2.45, 2.75) is 32.7 Å². The fraction of sp³-hybridized carbons (Fsp3) is 0.360. The first kappa shape index (κ1) is 23.9. The second-order valence-electron chi connectivity index (χ2n) is 9.51. The molecule has 1 aromatic carbocycles. The van der Waals surface area contributed by atoms with Crippen molar-refractivity contribution < 1.29 is 4.92 Å². The van der Waals surface area contributed by atoms with Crippen LogP contribution in [-0.2, 0) is 7.05 Å². The van der Waals surface area contributed by atoms with Gasteiger partial charge in [-0.25, -0.2) is 15.0 Å². The number of benzene rings is 1. The minimum atomic E-state index is -0.223. The maximum absolute atomic E-state index is 11.0. The highest BCUT2D eigenvalue weighted by molar-refractivity contribution is 6.31. The van der Waals surface area contributed by atoms with Crippen LogP contribution in [0.4, 0.5) is 17.3 Å². The van der Waals surface area contributed by atoms with E-state index in [-0.39, 0.29) is 23.4 Å². The van der Waals surface area contributed by atoms with Gasteiger partial charge in [0.1, 0.15) is 11.6 Å². The Morgan fingerprint density at radius 2 is 2.03 bits per heavy atom. The standard InChI is InChI=1S/C25H27ClN8O2/c1-14(2)17-5-6-21(33-11-16(15(33)3)12-34(35)36)19-10-28-23(9-18(17)19)29-22-7-8-27-25(30-22)20-13-32(4)31-24(20)26/h5-10,13-16H,11-12H2,1-4H3,(H,27,28,29,30)/t15-,16-/m1/s1. The van der Waals surface area contributed by atoms with Gasteiger partial charge in [0.25, 0.3) is 0 Å². The van der Waals surface area contributed by atoms with Gasteiger partial charge >= 0.3 is 0 Å². The number of aromatic nitrogens is 5. The van der Waals surface area contributed by atoms with E-state index in [9.17, 15) is 10.1 Å². The maximum atomic E-state index is 11.0. The van der Waals surface area contributed by atoms with Crippen molar-refractivity contribution in [1.82, 2.24) is 24.7 Å². The van der Waals surface area contributed by atoms with Gasteiger partial charge in [-0.2, -0.15) is 5.10 Å². The van der Waals surface area contributed by atoms with Crippen LogP contribution in [0.3, 0.4) is 0 Å². The molecule has 1 aliphatic heterocycles. The van der Waals surface area contributed by atoms with Gasteiger partial charge in [0.2, 0.25) is 6.54 Å². The molecule has 36 heavy (non-hydrogen) atoms. The van der Waals surface area contributed by atoms with E-state index in [2.05, 4.69) is 56.2 Å². The number of aryl methyl sites for hydroxylation is 1. The van der Waals surface area contributed by atoms with Crippen molar-refractivity contribution in [1.29, 1.82) is 0 Å². The van der Waals surface area contributed by atoms with E-state index in [1.54, 1.807) is 30.2 Å². The Morgan fingerprint density at radius 3 is 2.69 bits per heavy atom. The lowest BCUT2D eigenvalue weighted by Crippen LogP contribution is -2.57. The van der Waals surface area contributed by atoms with Gasteiger partial charge in [-0.15, -0.1) is 0 Å². The normalized spacial score (nSPS) is 17.4. The molecule has 0 aliphatic carbocycles. The highest BCUT2D eigenvalue weighted by atomic mass is 35.5. The molecule has 4 heterocycles. The minimum Gasteiger partial charge on any atom is -0.367 e. The SMILES string of the molecule is CC(C)c1ccc(N2C[C@H](C[N+](=O)[O-])[C@H]2C)c2cnc(Nc3ccnc(-c4cn(C)nc4Cl)n3)cc12. The van der Waals surface area contributed by atoms with Gasteiger partial charge in [-0.3, -0.25) is 14.8 Å². The summed E-state index contributed by atoms with van der Waals surface area (Å²) in [6, 6.07) is 8.16.